The van der Waals surface area contributed by atoms with Crippen LogP contribution in [0.5, 0.6) is 5.75 Å². The van der Waals surface area contributed by atoms with Gasteiger partial charge in [0.05, 0.1) is 11.8 Å². The van der Waals surface area contributed by atoms with Crippen molar-refractivity contribution in [3.63, 3.8) is 0 Å². The minimum atomic E-state index is 0.152. The maximum Gasteiger partial charge on any atom is 0.144 e. The van der Waals surface area contributed by atoms with Gasteiger partial charge in [-0.25, -0.2) is 0 Å². The molecule has 1 aromatic carbocycles. The van der Waals surface area contributed by atoms with Crippen LogP contribution >= 0.6 is 0 Å². The summed E-state index contributed by atoms with van der Waals surface area (Å²) in [7, 11) is 2.14. The highest BCUT2D eigenvalue weighted by molar-refractivity contribution is 5.62. The number of nitrogen functional groups attached to an aromatic ring is 1. The molecule has 1 aliphatic carbocycles. The highest BCUT2D eigenvalue weighted by Gasteiger charge is 2.19. The number of benzene rings is 1. The normalized spacial score (nSPS) is 15.6. The molecule has 0 heterocycles. The van der Waals surface area contributed by atoms with Gasteiger partial charge in [-0.15, -0.1) is 0 Å². The molecule has 0 saturated heterocycles. The van der Waals surface area contributed by atoms with Crippen LogP contribution in [-0.2, 0) is 0 Å². The first-order valence-electron chi connectivity index (χ1n) is 6.83. The molecule has 0 spiro atoms. The van der Waals surface area contributed by atoms with Gasteiger partial charge in [-0.1, -0.05) is 6.42 Å². The summed E-state index contributed by atoms with van der Waals surface area (Å²) >= 11 is 0. The van der Waals surface area contributed by atoms with E-state index in [0.717, 1.165) is 18.2 Å². The molecular formula is C15H24N2O. The van der Waals surface area contributed by atoms with Crippen molar-refractivity contribution in [3.05, 3.63) is 18.2 Å². The molecule has 1 aliphatic rings. The summed E-state index contributed by atoms with van der Waals surface area (Å²) in [5.41, 5.74) is 7.83. The molecule has 0 aliphatic heterocycles. The van der Waals surface area contributed by atoms with E-state index in [-0.39, 0.29) is 6.10 Å². The largest absolute Gasteiger partial charge is 0.489 e. The molecule has 3 nitrogen and oxygen atoms in total. The Kier molecular flexibility index (Phi) is 4.00. The lowest BCUT2D eigenvalue weighted by molar-refractivity contribution is 0.244. The number of ether oxygens (including phenoxy) is 1. The maximum absolute atomic E-state index is 5.93. The smallest absolute Gasteiger partial charge is 0.144 e. The fraction of sp³-hybridized carbons (Fsp3) is 0.600. The van der Waals surface area contributed by atoms with Crippen molar-refractivity contribution in [3.8, 4) is 5.75 Å². The maximum atomic E-state index is 5.93. The fourth-order valence-corrected chi connectivity index (χ4v) is 2.28. The summed E-state index contributed by atoms with van der Waals surface area (Å²) in [4.78, 5) is 2.30. The molecular weight excluding hydrogens is 224 g/mol. The van der Waals surface area contributed by atoms with Crippen molar-refractivity contribution in [2.24, 2.45) is 5.92 Å². The molecule has 3 heteroatoms. The zero-order chi connectivity index (χ0) is 13.1. The molecule has 0 radical (unpaired) electrons. The molecule has 18 heavy (non-hydrogen) atoms. The van der Waals surface area contributed by atoms with Gasteiger partial charge in [-0.3, -0.25) is 0 Å². The Morgan fingerprint density at radius 3 is 2.67 bits per heavy atom. The van der Waals surface area contributed by atoms with E-state index in [9.17, 15) is 0 Å². The van der Waals surface area contributed by atoms with Crippen LogP contribution in [0.1, 0.15) is 33.1 Å². The molecule has 1 saturated carbocycles. The molecule has 1 fully saturated rings. The summed E-state index contributed by atoms with van der Waals surface area (Å²) in [6, 6.07) is 6.06. The minimum absolute atomic E-state index is 0.152. The second kappa shape index (κ2) is 5.51. The number of anilines is 2. The van der Waals surface area contributed by atoms with Gasteiger partial charge < -0.3 is 15.4 Å². The number of hydrogen-bond donors (Lipinski definition) is 1. The van der Waals surface area contributed by atoms with Crippen LogP contribution < -0.4 is 15.4 Å². The van der Waals surface area contributed by atoms with Crippen LogP contribution in [0.2, 0.25) is 0 Å². The van der Waals surface area contributed by atoms with Gasteiger partial charge in [-0.2, -0.15) is 0 Å². The molecule has 1 aromatic rings. The first-order valence-corrected chi connectivity index (χ1v) is 6.83. The molecule has 2 rings (SSSR count). The minimum Gasteiger partial charge on any atom is -0.489 e. The fourth-order valence-electron chi connectivity index (χ4n) is 2.28. The van der Waals surface area contributed by atoms with Crippen molar-refractivity contribution >= 4 is 11.4 Å². The number of nitrogens with zero attached hydrogens (tertiary/aromatic N) is 1. The first kappa shape index (κ1) is 13.1. The Morgan fingerprint density at radius 2 is 2.11 bits per heavy atom. The first-order chi connectivity index (χ1) is 8.56. The Labute approximate surface area is 110 Å². The molecule has 0 aromatic heterocycles. The lowest BCUT2D eigenvalue weighted by atomic mass is 9.85. The number of rotatable bonds is 5. The van der Waals surface area contributed by atoms with Crippen LogP contribution in [0.4, 0.5) is 11.4 Å². The van der Waals surface area contributed by atoms with Gasteiger partial charge in [0.1, 0.15) is 5.75 Å². The lowest BCUT2D eigenvalue weighted by Crippen LogP contribution is -2.29. The van der Waals surface area contributed by atoms with Crippen LogP contribution in [-0.4, -0.2) is 19.7 Å². The van der Waals surface area contributed by atoms with Gasteiger partial charge in [0.15, 0.2) is 0 Å². The van der Waals surface area contributed by atoms with Crippen LogP contribution in [0.3, 0.4) is 0 Å². The third-order valence-electron chi connectivity index (χ3n) is 3.56. The van der Waals surface area contributed by atoms with Crippen LogP contribution in [0.15, 0.2) is 18.2 Å². The Hall–Kier alpha value is -1.38. The van der Waals surface area contributed by atoms with E-state index in [1.807, 2.05) is 26.0 Å². The second-order valence-electron chi connectivity index (χ2n) is 5.57. The van der Waals surface area contributed by atoms with Crippen LogP contribution in [0, 0.1) is 5.92 Å². The van der Waals surface area contributed by atoms with Crippen molar-refractivity contribution in [1.82, 2.24) is 0 Å². The van der Waals surface area contributed by atoms with E-state index in [2.05, 4.69) is 18.0 Å². The molecule has 0 unspecified atom stereocenters. The monoisotopic (exact) mass is 248 g/mol. The Bertz CT molecular complexity index is 399. The van der Waals surface area contributed by atoms with Gasteiger partial charge in [0.25, 0.3) is 0 Å². The highest BCUT2D eigenvalue weighted by Crippen LogP contribution is 2.31. The summed E-state index contributed by atoms with van der Waals surface area (Å²) < 4.78 is 5.73. The average molecular weight is 248 g/mol. The van der Waals surface area contributed by atoms with Gasteiger partial charge >= 0.3 is 0 Å². The Morgan fingerprint density at radius 1 is 1.39 bits per heavy atom. The SMILES string of the molecule is CC(C)Oc1cc(N(C)CC2CCC2)ccc1N. The quantitative estimate of drug-likeness (QED) is 0.813. The predicted octanol–water partition coefficient (Wildman–Crippen LogP) is 3.29. The number of nitrogens with two attached hydrogens (primary N) is 1. The molecule has 0 bridgehead atoms. The third kappa shape index (κ3) is 3.09. The molecule has 0 atom stereocenters. The average Bonchev–Trinajstić information content (AvgIpc) is 2.25. The zero-order valence-corrected chi connectivity index (χ0v) is 11.6. The predicted molar refractivity (Wildman–Crippen MR) is 77.2 cm³/mol. The van der Waals surface area contributed by atoms with Crippen LogP contribution in [0.25, 0.3) is 0 Å². The molecule has 2 N–H and O–H groups in total. The van der Waals surface area contributed by atoms with Crippen molar-refractivity contribution in [2.75, 3.05) is 24.2 Å². The second-order valence-corrected chi connectivity index (χ2v) is 5.57. The topological polar surface area (TPSA) is 38.5 Å². The van der Waals surface area contributed by atoms with Crippen molar-refractivity contribution in [2.45, 2.75) is 39.2 Å². The third-order valence-corrected chi connectivity index (χ3v) is 3.56. The number of hydrogen-bond acceptors (Lipinski definition) is 3. The standard InChI is InChI=1S/C15H24N2O/c1-11(2)18-15-9-13(7-8-14(15)16)17(3)10-12-5-4-6-12/h7-9,11-12H,4-6,10,16H2,1-3H3. The van der Waals surface area contributed by atoms with E-state index >= 15 is 0 Å². The molecule has 100 valence electrons. The van der Waals surface area contributed by atoms with Gasteiger partial charge in [0, 0.05) is 25.3 Å². The molecule has 0 amide bonds. The van der Waals surface area contributed by atoms with Crippen molar-refractivity contribution in [1.29, 1.82) is 0 Å². The van der Waals surface area contributed by atoms with E-state index < -0.39 is 0 Å². The van der Waals surface area contributed by atoms with E-state index in [1.54, 1.807) is 0 Å². The summed E-state index contributed by atoms with van der Waals surface area (Å²) in [5.74, 6) is 1.66. The summed E-state index contributed by atoms with van der Waals surface area (Å²) in [6.45, 7) is 5.17. The summed E-state index contributed by atoms with van der Waals surface area (Å²) in [6.07, 6.45) is 4.28. The lowest BCUT2D eigenvalue weighted by Gasteiger charge is -2.31. The zero-order valence-electron chi connectivity index (χ0n) is 11.6. The van der Waals surface area contributed by atoms with E-state index in [1.165, 1.54) is 24.9 Å². The summed E-state index contributed by atoms with van der Waals surface area (Å²) in [5, 5.41) is 0. The van der Waals surface area contributed by atoms with E-state index in [0.29, 0.717) is 5.69 Å². The van der Waals surface area contributed by atoms with E-state index in [4.69, 9.17) is 10.5 Å². The Balaban J connectivity index is 2.07. The van der Waals surface area contributed by atoms with Gasteiger partial charge in [0.2, 0.25) is 0 Å². The van der Waals surface area contributed by atoms with Crippen molar-refractivity contribution < 1.29 is 4.74 Å². The van der Waals surface area contributed by atoms with Gasteiger partial charge in [-0.05, 0) is 44.7 Å². The highest BCUT2D eigenvalue weighted by atomic mass is 16.5.